The topological polar surface area (TPSA) is 58.6 Å². The van der Waals surface area contributed by atoms with Crippen molar-refractivity contribution in [3.8, 4) is 5.75 Å². The molecular weight excluding hydrogens is 389 g/mol. The molecule has 5 nitrogen and oxygen atoms in total. The number of anilines is 2. The number of carbonyl (C=O) groups is 2. The molecule has 0 radical (unpaired) electrons. The minimum atomic E-state index is -3.80. The van der Waals surface area contributed by atoms with Crippen molar-refractivity contribution in [1.82, 2.24) is 0 Å². The highest BCUT2D eigenvalue weighted by Gasteiger charge is 2.39. The number of alkyl halides is 3. The first-order valence-electron chi connectivity index (χ1n) is 7.48. The van der Waals surface area contributed by atoms with Crippen LogP contribution in [-0.4, -0.2) is 23.4 Å². The molecule has 0 spiro atoms. The van der Waals surface area contributed by atoms with Crippen LogP contribution in [-0.2, 0) is 9.59 Å². The van der Waals surface area contributed by atoms with Crippen molar-refractivity contribution in [3.63, 3.8) is 0 Å². The maximum absolute atomic E-state index is 12.6. The smallest absolute Gasteiger partial charge is 0.420 e. The van der Waals surface area contributed by atoms with Crippen molar-refractivity contribution >= 4 is 46.4 Å². The number of amides is 2. The summed E-state index contributed by atoms with van der Waals surface area (Å²) in [6.07, 6.45) is -0.0283. The molecule has 3 rings (SSSR count). The third-order valence-electron chi connectivity index (χ3n) is 3.66. The molecule has 26 heavy (non-hydrogen) atoms. The Kier molecular flexibility index (Phi) is 5.02. The molecule has 1 aliphatic rings. The highest BCUT2D eigenvalue weighted by Crippen LogP contribution is 2.28. The predicted molar refractivity (Wildman–Crippen MR) is 93.8 cm³/mol. The third-order valence-corrected chi connectivity index (χ3v) is 3.99. The Morgan fingerprint density at radius 1 is 1.08 bits per heavy atom. The molecule has 2 aromatic rings. The SMILES string of the molecule is O=C1CC(Nc2ccc(OC(F)(F)Cl)cc2)C(=O)N1c1ccc(Cl)cc1. The summed E-state index contributed by atoms with van der Waals surface area (Å²) < 4.78 is 29.4. The minimum Gasteiger partial charge on any atom is -0.420 e. The fraction of sp³-hybridized carbons (Fsp3) is 0.176. The van der Waals surface area contributed by atoms with Gasteiger partial charge in [-0.15, -0.1) is 8.78 Å². The molecule has 0 saturated carbocycles. The number of carbonyl (C=O) groups excluding carboxylic acids is 2. The van der Waals surface area contributed by atoms with E-state index in [4.69, 9.17) is 23.2 Å². The lowest BCUT2D eigenvalue weighted by Crippen LogP contribution is -2.34. The summed E-state index contributed by atoms with van der Waals surface area (Å²) in [5.74, 6) is -0.895. The Labute approximate surface area is 157 Å². The van der Waals surface area contributed by atoms with E-state index in [0.717, 1.165) is 4.90 Å². The molecule has 1 atom stereocenters. The summed E-state index contributed by atoms with van der Waals surface area (Å²) in [7, 11) is 0. The van der Waals surface area contributed by atoms with Gasteiger partial charge in [0.15, 0.2) is 0 Å². The Hall–Kier alpha value is -2.38. The average molecular weight is 401 g/mol. The van der Waals surface area contributed by atoms with Crippen molar-refractivity contribution in [1.29, 1.82) is 0 Å². The number of ether oxygens (including phenoxy) is 1. The van der Waals surface area contributed by atoms with Crippen LogP contribution in [0.5, 0.6) is 5.75 Å². The van der Waals surface area contributed by atoms with Crippen molar-refractivity contribution in [2.45, 2.75) is 18.0 Å². The quantitative estimate of drug-likeness (QED) is 0.601. The van der Waals surface area contributed by atoms with Gasteiger partial charge in [-0.3, -0.25) is 9.59 Å². The van der Waals surface area contributed by atoms with Gasteiger partial charge in [-0.05, 0) is 48.5 Å². The molecule has 1 heterocycles. The Balaban J connectivity index is 1.70. The normalized spacial score (nSPS) is 17.5. The molecule has 1 saturated heterocycles. The molecule has 9 heteroatoms. The fourth-order valence-electron chi connectivity index (χ4n) is 2.56. The van der Waals surface area contributed by atoms with Gasteiger partial charge in [-0.25, -0.2) is 4.90 Å². The van der Waals surface area contributed by atoms with Gasteiger partial charge in [0.1, 0.15) is 11.8 Å². The van der Waals surface area contributed by atoms with Gasteiger partial charge in [0.2, 0.25) is 5.91 Å². The van der Waals surface area contributed by atoms with E-state index in [1.165, 1.54) is 24.3 Å². The number of rotatable bonds is 5. The number of hydrogen-bond acceptors (Lipinski definition) is 4. The number of nitrogens with zero attached hydrogens (tertiary/aromatic N) is 1. The summed E-state index contributed by atoms with van der Waals surface area (Å²) in [4.78, 5) is 25.8. The van der Waals surface area contributed by atoms with Crippen LogP contribution in [0.1, 0.15) is 6.42 Å². The van der Waals surface area contributed by atoms with Gasteiger partial charge < -0.3 is 10.1 Å². The van der Waals surface area contributed by atoms with Crippen LogP contribution in [0.2, 0.25) is 5.02 Å². The van der Waals surface area contributed by atoms with Crippen LogP contribution in [0.25, 0.3) is 0 Å². The number of imide groups is 1. The van der Waals surface area contributed by atoms with Gasteiger partial charge in [-0.2, -0.15) is 0 Å². The van der Waals surface area contributed by atoms with Crippen LogP contribution < -0.4 is 15.0 Å². The number of benzene rings is 2. The second kappa shape index (κ2) is 7.09. The lowest BCUT2D eigenvalue weighted by molar-refractivity contribution is -0.121. The zero-order valence-corrected chi connectivity index (χ0v) is 14.6. The van der Waals surface area contributed by atoms with E-state index in [1.807, 2.05) is 0 Å². The largest absolute Gasteiger partial charge is 0.487 e. The molecule has 1 fully saturated rings. The molecule has 0 aromatic heterocycles. The summed E-state index contributed by atoms with van der Waals surface area (Å²) in [5, 5.41) is 3.40. The molecule has 136 valence electrons. The second-order valence-electron chi connectivity index (χ2n) is 5.52. The zero-order chi connectivity index (χ0) is 18.9. The summed E-state index contributed by atoms with van der Waals surface area (Å²) in [6, 6.07) is 11.0. The first-order chi connectivity index (χ1) is 12.2. The molecule has 2 aromatic carbocycles. The first-order valence-corrected chi connectivity index (χ1v) is 8.23. The lowest BCUT2D eigenvalue weighted by Gasteiger charge is -2.16. The molecule has 0 bridgehead atoms. The molecule has 1 unspecified atom stereocenters. The summed E-state index contributed by atoms with van der Waals surface area (Å²) in [5.41, 5.74) is -2.90. The van der Waals surface area contributed by atoms with E-state index in [-0.39, 0.29) is 18.1 Å². The fourth-order valence-corrected chi connectivity index (χ4v) is 2.78. The Bertz CT molecular complexity index is 823. The van der Waals surface area contributed by atoms with Gasteiger partial charge in [-0.1, -0.05) is 11.6 Å². The molecule has 0 aliphatic carbocycles. The number of nitrogens with one attached hydrogen (secondary N) is 1. The van der Waals surface area contributed by atoms with Gasteiger partial charge >= 0.3 is 5.57 Å². The van der Waals surface area contributed by atoms with Gasteiger partial charge in [0, 0.05) is 22.3 Å². The third kappa shape index (κ3) is 4.23. The standard InChI is InChI=1S/C17H12Cl2F2N2O3/c18-10-1-5-12(6-2-10)23-15(24)9-14(16(23)25)22-11-3-7-13(8-4-11)26-17(19,20)21/h1-8,14,22H,9H2. The molecular formula is C17H12Cl2F2N2O3. The first kappa shape index (κ1) is 18.4. The molecule has 1 aliphatic heterocycles. The van der Waals surface area contributed by atoms with Crippen LogP contribution in [0, 0.1) is 0 Å². The maximum atomic E-state index is 12.6. The van der Waals surface area contributed by atoms with E-state index in [2.05, 4.69) is 10.1 Å². The maximum Gasteiger partial charge on any atom is 0.487 e. The molecule has 1 N–H and O–H groups in total. The summed E-state index contributed by atoms with van der Waals surface area (Å²) in [6.45, 7) is 0. The van der Waals surface area contributed by atoms with E-state index < -0.39 is 17.5 Å². The minimum absolute atomic E-state index is 0.0283. The van der Waals surface area contributed by atoms with Crippen LogP contribution in [0.3, 0.4) is 0 Å². The van der Waals surface area contributed by atoms with Crippen molar-refractivity contribution in [2.75, 3.05) is 10.2 Å². The highest BCUT2D eigenvalue weighted by molar-refractivity contribution is 6.31. The average Bonchev–Trinajstić information content (AvgIpc) is 2.83. The highest BCUT2D eigenvalue weighted by atomic mass is 35.5. The predicted octanol–water partition coefficient (Wildman–Crippen LogP) is 4.25. The zero-order valence-electron chi connectivity index (χ0n) is 13.1. The van der Waals surface area contributed by atoms with E-state index in [0.29, 0.717) is 16.4 Å². The number of halogens is 4. The van der Waals surface area contributed by atoms with Crippen LogP contribution >= 0.6 is 23.2 Å². The van der Waals surface area contributed by atoms with Crippen LogP contribution in [0.15, 0.2) is 48.5 Å². The Morgan fingerprint density at radius 2 is 1.69 bits per heavy atom. The monoisotopic (exact) mass is 400 g/mol. The van der Waals surface area contributed by atoms with Crippen molar-refractivity contribution in [2.24, 2.45) is 0 Å². The lowest BCUT2D eigenvalue weighted by atomic mass is 10.2. The van der Waals surface area contributed by atoms with Crippen molar-refractivity contribution < 1.29 is 23.1 Å². The van der Waals surface area contributed by atoms with E-state index >= 15 is 0 Å². The van der Waals surface area contributed by atoms with E-state index in [1.54, 1.807) is 24.3 Å². The summed E-state index contributed by atoms with van der Waals surface area (Å²) >= 11 is 10.5. The molecule has 2 amide bonds. The second-order valence-corrected chi connectivity index (χ2v) is 6.39. The number of hydrogen-bond donors (Lipinski definition) is 1. The van der Waals surface area contributed by atoms with Gasteiger partial charge in [0.25, 0.3) is 5.91 Å². The Morgan fingerprint density at radius 3 is 2.27 bits per heavy atom. The van der Waals surface area contributed by atoms with Gasteiger partial charge in [0.05, 0.1) is 12.1 Å². The van der Waals surface area contributed by atoms with Crippen LogP contribution in [0.4, 0.5) is 20.2 Å². The van der Waals surface area contributed by atoms with Crippen molar-refractivity contribution in [3.05, 3.63) is 53.6 Å². The van der Waals surface area contributed by atoms with E-state index in [9.17, 15) is 18.4 Å².